The fourth-order valence-electron chi connectivity index (χ4n) is 7.12. The van der Waals surface area contributed by atoms with Gasteiger partial charge in [0.2, 0.25) is 5.91 Å². The number of fused-ring (bicyclic) bond motifs is 2. The smallest absolute Gasteiger partial charge is 0.223 e. The predicted octanol–water partition coefficient (Wildman–Crippen LogP) is 6.38. The van der Waals surface area contributed by atoms with E-state index in [-0.39, 0.29) is 17.9 Å². The molecule has 7 heteroatoms. The average molecular weight is 512 g/mol. The highest BCUT2D eigenvalue weighted by Gasteiger charge is 2.42. The third kappa shape index (κ3) is 5.15. The molecule has 2 saturated heterocycles. The molecule has 198 valence electrons. The van der Waals surface area contributed by atoms with Crippen LogP contribution in [0.2, 0.25) is 0 Å². The number of carbonyl (C=O) groups excluding carboxylic acids is 1. The van der Waals surface area contributed by atoms with Crippen molar-refractivity contribution in [2.75, 3.05) is 6.54 Å². The summed E-state index contributed by atoms with van der Waals surface area (Å²) in [7, 11) is 0. The highest BCUT2D eigenvalue weighted by Crippen LogP contribution is 2.43. The van der Waals surface area contributed by atoms with Gasteiger partial charge in [0.15, 0.2) is 0 Å². The third-order valence-corrected chi connectivity index (χ3v) is 10.6. The Kier molecular flexibility index (Phi) is 7.87. The Labute approximate surface area is 221 Å². The molecule has 1 N–H and O–H groups in total. The first-order chi connectivity index (χ1) is 17.3. The summed E-state index contributed by atoms with van der Waals surface area (Å²) in [5, 5.41) is 14.7. The van der Waals surface area contributed by atoms with Crippen molar-refractivity contribution in [3.63, 3.8) is 0 Å². The zero-order valence-electron chi connectivity index (χ0n) is 22.9. The second-order valence-electron chi connectivity index (χ2n) is 12.0. The Morgan fingerprint density at radius 2 is 1.72 bits per heavy atom. The standard InChI is InChI=1S/C29H45N5OS/c1-18(2)28-32-31-21(5)34(28)25-15-23-11-12-24(16-25)33(23)14-13-26(27-20(4)19(3)17-36-27)30-29(35)22-9-7-6-8-10-22/h17-18,22-26H,6-16H2,1-5H3,(H,30,35)/t23?,24?,25?,26-/m0/s1. The number of aryl methyl sites for hydroxylation is 2. The molecule has 2 aromatic heterocycles. The SMILES string of the molecule is Cc1csc([C@H](CCN2C3CCC2CC(n2c(C)nnc2C(C)C)C3)NC(=O)C2CCCCC2)c1C. The second-order valence-corrected chi connectivity index (χ2v) is 12.9. The summed E-state index contributed by atoms with van der Waals surface area (Å²) < 4.78 is 2.44. The van der Waals surface area contributed by atoms with Gasteiger partial charge in [-0.25, -0.2) is 0 Å². The predicted molar refractivity (Wildman–Crippen MR) is 147 cm³/mol. The number of piperidine rings is 1. The van der Waals surface area contributed by atoms with E-state index in [2.05, 4.69) is 65.0 Å². The van der Waals surface area contributed by atoms with E-state index in [1.807, 2.05) is 11.3 Å². The average Bonchev–Trinajstić information content (AvgIpc) is 3.49. The molecule has 1 amide bonds. The number of rotatable bonds is 8. The van der Waals surface area contributed by atoms with Gasteiger partial charge in [0.25, 0.3) is 0 Å². The molecule has 3 aliphatic rings. The summed E-state index contributed by atoms with van der Waals surface area (Å²) in [6.07, 6.45) is 11.7. The molecule has 0 radical (unpaired) electrons. The summed E-state index contributed by atoms with van der Waals surface area (Å²) in [4.78, 5) is 17.4. The number of nitrogens with one attached hydrogen (secondary N) is 1. The molecule has 3 atom stereocenters. The van der Waals surface area contributed by atoms with E-state index < -0.39 is 0 Å². The van der Waals surface area contributed by atoms with Gasteiger partial charge in [-0.3, -0.25) is 9.69 Å². The topological polar surface area (TPSA) is 63.1 Å². The molecule has 3 fully saturated rings. The van der Waals surface area contributed by atoms with Gasteiger partial charge in [0.1, 0.15) is 11.6 Å². The summed E-state index contributed by atoms with van der Waals surface area (Å²) in [5.74, 6) is 3.09. The quantitative estimate of drug-likeness (QED) is 0.446. The van der Waals surface area contributed by atoms with Crippen LogP contribution in [-0.2, 0) is 4.79 Å². The molecule has 2 aromatic rings. The van der Waals surface area contributed by atoms with E-state index in [4.69, 9.17) is 0 Å². The minimum atomic E-state index is 0.128. The number of aromatic nitrogens is 3. The first-order valence-corrected chi connectivity index (χ1v) is 15.2. The van der Waals surface area contributed by atoms with Gasteiger partial charge in [0.05, 0.1) is 6.04 Å². The second kappa shape index (κ2) is 10.9. The zero-order chi connectivity index (χ0) is 25.4. The minimum absolute atomic E-state index is 0.128. The van der Waals surface area contributed by atoms with Crippen LogP contribution in [0.25, 0.3) is 0 Å². The molecule has 5 rings (SSSR count). The van der Waals surface area contributed by atoms with Gasteiger partial charge in [-0.1, -0.05) is 33.1 Å². The first kappa shape index (κ1) is 25.9. The largest absolute Gasteiger partial charge is 0.348 e. The molecule has 4 heterocycles. The van der Waals surface area contributed by atoms with E-state index in [1.54, 1.807) is 0 Å². The Morgan fingerprint density at radius 3 is 2.33 bits per heavy atom. The van der Waals surface area contributed by atoms with Crippen LogP contribution in [0, 0.1) is 26.7 Å². The van der Waals surface area contributed by atoms with Crippen molar-refractivity contribution < 1.29 is 4.79 Å². The number of hydrogen-bond donors (Lipinski definition) is 1. The van der Waals surface area contributed by atoms with Crippen LogP contribution >= 0.6 is 11.3 Å². The first-order valence-electron chi connectivity index (χ1n) is 14.4. The van der Waals surface area contributed by atoms with Gasteiger partial charge in [-0.15, -0.1) is 21.5 Å². The van der Waals surface area contributed by atoms with E-state index in [0.717, 1.165) is 37.5 Å². The normalized spacial score (nSPS) is 26.0. The fraction of sp³-hybridized carbons (Fsp3) is 0.759. The van der Waals surface area contributed by atoms with E-state index in [1.165, 1.54) is 60.9 Å². The van der Waals surface area contributed by atoms with Crippen molar-refractivity contribution in [1.82, 2.24) is 25.0 Å². The molecule has 0 spiro atoms. The van der Waals surface area contributed by atoms with Crippen molar-refractivity contribution in [2.24, 2.45) is 5.92 Å². The number of carbonyl (C=O) groups is 1. The van der Waals surface area contributed by atoms with Gasteiger partial charge in [-0.2, -0.15) is 0 Å². The van der Waals surface area contributed by atoms with Crippen molar-refractivity contribution >= 4 is 17.2 Å². The van der Waals surface area contributed by atoms with Gasteiger partial charge in [0, 0.05) is 41.4 Å². The Morgan fingerprint density at radius 1 is 1.03 bits per heavy atom. The maximum atomic E-state index is 13.3. The van der Waals surface area contributed by atoms with Crippen molar-refractivity contribution in [3.8, 4) is 0 Å². The van der Waals surface area contributed by atoms with Crippen molar-refractivity contribution in [2.45, 2.75) is 129 Å². The third-order valence-electron chi connectivity index (χ3n) is 9.24. The molecule has 1 aliphatic carbocycles. The number of thiophene rings is 1. The highest BCUT2D eigenvalue weighted by molar-refractivity contribution is 7.10. The maximum absolute atomic E-state index is 13.3. The lowest BCUT2D eigenvalue weighted by molar-refractivity contribution is -0.126. The number of nitrogens with zero attached hydrogens (tertiary/aromatic N) is 4. The number of hydrogen-bond acceptors (Lipinski definition) is 5. The monoisotopic (exact) mass is 511 g/mol. The van der Waals surface area contributed by atoms with Crippen LogP contribution in [0.3, 0.4) is 0 Å². The Bertz CT molecular complexity index is 1040. The van der Waals surface area contributed by atoms with Gasteiger partial charge >= 0.3 is 0 Å². The van der Waals surface area contributed by atoms with Crippen LogP contribution in [0.1, 0.15) is 124 Å². The van der Waals surface area contributed by atoms with Gasteiger partial charge in [-0.05, 0) is 82.2 Å². The molecule has 2 unspecified atom stereocenters. The van der Waals surface area contributed by atoms with Crippen LogP contribution in [0.4, 0.5) is 0 Å². The Balaban J connectivity index is 1.27. The molecule has 0 aromatic carbocycles. The Hall–Kier alpha value is -1.73. The summed E-state index contributed by atoms with van der Waals surface area (Å²) in [5.41, 5.74) is 2.71. The molecule has 2 aliphatic heterocycles. The van der Waals surface area contributed by atoms with Crippen LogP contribution < -0.4 is 5.32 Å². The van der Waals surface area contributed by atoms with E-state index in [0.29, 0.717) is 24.0 Å². The lowest BCUT2D eigenvalue weighted by Crippen LogP contribution is -2.45. The van der Waals surface area contributed by atoms with E-state index >= 15 is 0 Å². The van der Waals surface area contributed by atoms with Gasteiger partial charge < -0.3 is 9.88 Å². The highest BCUT2D eigenvalue weighted by atomic mass is 32.1. The molecule has 6 nitrogen and oxygen atoms in total. The summed E-state index contributed by atoms with van der Waals surface area (Å²) in [6, 6.07) is 1.88. The molecular weight excluding hydrogens is 466 g/mol. The molecule has 1 saturated carbocycles. The van der Waals surface area contributed by atoms with Crippen LogP contribution in [-0.4, -0.2) is 44.2 Å². The lowest BCUT2D eigenvalue weighted by atomic mass is 9.88. The lowest BCUT2D eigenvalue weighted by Gasteiger charge is -2.40. The summed E-state index contributed by atoms with van der Waals surface area (Å²) >= 11 is 1.83. The van der Waals surface area contributed by atoms with Crippen LogP contribution in [0.15, 0.2) is 5.38 Å². The fourth-order valence-corrected chi connectivity index (χ4v) is 8.28. The maximum Gasteiger partial charge on any atom is 0.223 e. The summed E-state index contributed by atoms with van der Waals surface area (Å²) in [6.45, 7) is 12.0. The molecular formula is C29H45N5OS. The van der Waals surface area contributed by atoms with Crippen molar-refractivity contribution in [3.05, 3.63) is 33.0 Å². The van der Waals surface area contributed by atoms with Crippen LogP contribution in [0.5, 0.6) is 0 Å². The molecule has 36 heavy (non-hydrogen) atoms. The zero-order valence-corrected chi connectivity index (χ0v) is 23.7. The van der Waals surface area contributed by atoms with Crippen molar-refractivity contribution in [1.29, 1.82) is 0 Å². The molecule has 2 bridgehead atoms. The minimum Gasteiger partial charge on any atom is -0.348 e. The van der Waals surface area contributed by atoms with E-state index in [9.17, 15) is 4.79 Å². The number of amides is 1.